The van der Waals surface area contributed by atoms with E-state index >= 15 is 0 Å². The Bertz CT molecular complexity index is 568. The average molecular weight is 287 g/mol. The molecule has 1 aromatic rings. The van der Waals surface area contributed by atoms with Crippen LogP contribution in [0.3, 0.4) is 0 Å². The van der Waals surface area contributed by atoms with Crippen LogP contribution in [0.4, 0.5) is 5.69 Å². The Labute approximate surface area is 125 Å². The van der Waals surface area contributed by atoms with Gasteiger partial charge in [-0.25, -0.2) is 0 Å². The summed E-state index contributed by atoms with van der Waals surface area (Å²) in [5, 5.41) is 12.0. The fraction of sp³-hybridized carbons (Fsp3) is 0.438. The molecule has 0 heterocycles. The summed E-state index contributed by atoms with van der Waals surface area (Å²) in [6.07, 6.45) is 0.191. The highest BCUT2D eigenvalue weighted by atomic mass is 16.2. The lowest BCUT2D eigenvalue weighted by atomic mass is 10.1. The molecule has 1 N–H and O–H groups in total. The van der Waals surface area contributed by atoms with Gasteiger partial charge in [0, 0.05) is 25.4 Å². The molecule has 0 saturated carbocycles. The van der Waals surface area contributed by atoms with Crippen molar-refractivity contribution >= 4 is 17.5 Å². The van der Waals surface area contributed by atoms with Crippen molar-refractivity contribution < 1.29 is 9.59 Å². The Morgan fingerprint density at radius 1 is 1.29 bits per heavy atom. The first-order valence-corrected chi connectivity index (χ1v) is 6.83. The third kappa shape index (κ3) is 5.27. The monoisotopic (exact) mass is 287 g/mol. The highest BCUT2D eigenvalue weighted by molar-refractivity contribution is 5.93. The Balaban J connectivity index is 2.83. The molecule has 0 radical (unpaired) electrons. The van der Waals surface area contributed by atoms with Crippen molar-refractivity contribution in [3.05, 3.63) is 29.8 Å². The number of carbonyl (C=O) groups is 2. The molecule has 0 aromatic heterocycles. The molecule has 0 aliphatic heterocycles. The van der Waals surface area contributed by atoms with Gasteiger partial charge in [-0.15, -0.1) is 0 Å². The summed E-state index contributed by atoms with van der Waals surface area (Å²) >= 11 is 0. The summed E-state index contributed by atoms with van der Waals surface area (Å²) in [5.74, 6) is -0.315. The van der Waals surface area contributed by atoms with Crippen molar-refractivity contribution in [2.45, 2.75) is 39.7 Å². The Kier molecular flexibility index (Phi) is 5.48. The quantitative estimate of drug-likeness (QED) is 0.922. The minimum atomic E-state index is -0.303. The van der Waals surface area contributed by atoms with Crippen molar-refractivity contribution in [1.29, 1.82) is 5.26 Å². The van der Waals surface area contributed by atoms with Crippen molar-refractivity contribution in [3.8, 4) is 6.07 Å². The molecule has 21 heavy (non-hydrogen) atoms. The second-order valence-electron chi connectivity index (χ2n) is 5.85. The molecular formula is C16H21N3O2. The molecule has 0 bridgehead atoms. The Morgan fingerprint density at radius 2 is 1.90 bits per heavy atom. The zero-order valence-corrected chi connectivity index (χ0v) is 12.9. The van der Waals surface area contributed by atoms with Crippen LogP contribution < -0.4 is 10.2 Å². The van der Waals surface area contributed by atoms with Gasteiger partial charge in [-0.2, -0.15) is 5.26 Å². The number of para-hydroxylation sites is 1. The van der Waals surface area contributed by atoms with Gasteiger partial charge in [-0.1, -0.05) is 12.1 Å². The molecule has 0 unspecified atom stereocenters. The zero-order valence-electron chi connectivity index (χ0n) is 12.9. The van der Waals surface area contributed by atoms with Gasteiger partial charge in [0.15, 0.2) is 0 Å². The maximum atomic E-state index is 11.9. The van der Waals surface area contributed by atoms with Gasteiger partial charge in [0.25, 0.3) is 0 Å². The van der Waals surface area contributed by atoms with Gasteiger partial charge in [0.1, 0.15) is 6.07 Å². The number of hydrogen-bond acceptors (Lipinski definition) is 3. The first-order chi connectivity index (χ1) is 9.74. The van der Waals surface area contributed by atoms with Crippen LogP contribution in [0.1, 0.15) is 39.7 Å². The fourth-order valence-electron chi connectivity index (χ4n) is 1.95. The summed E-state index contributed by atoms with van der Waals surface area (Å²) in [7, 11) is 0. The van der Waals surface area contributed by atoms with Crippen LogP contribution in [0.5, 0.6) is 0 Å². The largest absolute Gasteiger partial charge is 0.351 e. The van der Waals surface area contributed by atoms with Gasteiger partial charge < -0.3 is 10.2 Å². The number of nitrogens with one attached hydrogen (secondary N) is 1. The summed E-state index contributed by atoms with van der Waals surface area (Å²) in [5.41, 5.74) is 0.655. The lowest BCUT2D eigenvalue weighted by Gasteiger charge is -2.24. The SMILES string of the molecule is CC(=O)N(CCC(=O)NC(C)(C)C)c1ccccc1C#N. The standard InChI is InChI=1S/C16H21N3O2/c1-12(20)19(10-9-15(21)18-16(2,3)4)14-8-6-5-7-13(14)11-17/h5-8H,9-10H2,1-4H3,(H,18,21). The van der Waals surface area contributed by atoms with Crippen molar-refractivity contribution in [1.82, 2.24) is 5.32 Å². The first kappa shape index (κ1) is 16.7. The van der Waals surface area contributed by atoms with E-state index in [9.17, 15) is 9.59 Å². The summed E-state index contributed by atoms with van der Waals surface area (Å²) in [4.78, 5) is 25.1. The van der Waals surface area contributed by atoms with E-state index in [1.165, 1.54) is 11.8 Å². The van der Waals surface area contributed by atoms with Crippen molar-refractivity contribution in [2.24, 2.45) is 0 Å². The number of amides is 2. The smallest absolute Gasteiger partial charge is 0.223 e. The van der Waals surface area contributed by atoms with Crippen LogP contribution in [0.2, 0.25) is 0 Å². The fourth-order valence-corrected chi connectivity index (χ4v) is 1.95. The highest BCUT2D eigenvalue weighted by Gasteiger charge is 2.18. The van der Waals surface area contributed by atoms with E-state index < -0.39 is 0 Å². The van der Waals surface area contributed by atoms with Gasteiger partial charge in [0.05, 0.1) is 11.3 Å². The number of carbonyl (C=O) groups excluding carboxylic acids is 2. The van der Waals surface area contributed by atoms with Crippen LogP contribution in [0, 0.1) is 11.3 Å². The van der Waals surface area contributed by atoms with Crippen LogP contribution in [0.25, 0.3) is 0 Å². The Hall–Kier alpha value is -2.35. The normalized spacial score (nSPS) is 10.6. The van der Waals surface area contributed by atoms with Gasteiger partial charge in [-0.05, 0) is 32.9 Å². The molecule has 112 valence electrons. The van der Waals surface area contributed by atoms with Gasteiger partial charge >= 0.3 is 0 Å². The lowest BCUT2D eigenvalue weighted by Crippen LogP contribution is -2.42. The van der Waals surface area contributed by atoms with E-state index in [1.807, 2.05) is 20.8 Å². The molecule has 0 aliphatic carbocycles. The molecule has 0 fully saturated rings. The zero-order chi connectivity index (χ0) is 16.0. The third-order valence-electron chi connectivity index (χ3n) is 2.77. The second kappa shape index (κ2) is 6.89. The molecule has 0 spiro atoms. The summed E-state index contributed by atoms with van der Waals surface area (Å²) in [6.45, 7) is 7.38. The van der Waals surface area contributed by atoms with Crippen molar-refractivity contribution in [3.63, 3.8) is 0 Å². The second-order valence-corrected chi connectivity index (χ2v) is 5.85. The van der Waals surface area contributed by atoms with E-state index in [-0.39, 0.29) is 30.3 Å². The molecule has 2 amide bonds. The topological polar surface area (TPSA) is 73.2 Å². The molecule has 0 atom stereocenters. The predicted octanol–water partition coefficient (Wildman–Crippen LogP) is 2.22. The molecule has 5 nitrogen and oxygen atoms in total. The molecule has 0 aliphatic rings. The molecule has 1 rings (SSSR count). The number of nitrogens with zero attached hydrogens (tertiary/aromatic N) is 2. The molecular weight excluding hydrogens is 266 g/mol. The van der Waals surface area contributed by atoms with E-state index in [1.54, 1.807) is 24.3 Å². The van der Waals surface area contributed by atoms with E-state index in [4.69, 9.17) is 5.26 Å². The number of hydrogen-bond donors (Lipinski definition) is 1. The van der Waals surface area contributed by atoms with E-state index in [0.29, 0.717) is 11.3 Å². The molecule has 0 saturated heterocycles. The average Bonchev–Trinajstić information content (AvgIpc) is 2.37. The predicted molar refractivity (Wildman–Crippen MR) is 81.7 cm³/mol. The minimum Gasteiger partial charge on any atom is -0.351 e. The third-order valence-corrected chi connectivity index (χ3v) is 2.77. The maximum absolute atomic E-state index is 11.9. The van der Waals surface area contributed by atoms with Crippen LogP contribution in [-0.4, -0.2) is 23.9 Å². The van der Waals surface area contributed by atoms with E-state index in [0.717, 1.165) is 0 Å². The minimum absolute atomic E-state index is 0.122. The summed E-state index contributed by atoms with van der Waals surface area (Å²) in [6, 6.07) is 8.93. The summed E-state index contributed by atoms with van der Waals surface area (Å²) < 4.78 is 0. The maximum Gasteiger partial charge on any atom is 0.223 e. The van der Waals surface area contributed by atoms with Gasteiger partial charge in [0.2, 0.25) is 11.8 Å². The van der Waals surface area contributed by atoms with Crippen molar-refractivity contribution in [2.75, 3.05) is 11.4 Å². The highest BCUT2D eigenvalue weighted by Crippen LogP contribution is 2.20. The van der Waals surface area contributed by atoms with Crippen LogP contribution in [0.15, 0.2) is 24.3 Å². The lowest BCUT2D eigenvalue weighted by molar-refractivity contribution is -0.122. The number of nitriles is 1. The van der Waals surface area contributed by atoms with Gasteiger partial charge in [-0.3, -0.25) is 9.59 Å². The first-order valence-electron chi connectivity index (χ1n) is 6.83. The Morgan fingerprint density at radius 3 is 2.43 bits per heavy atom. The number of rotatable bonds is 4. The number of benzene rings is 1. The number of anilines is 1. The van der Waals surface area contributed by atoms with Crippen LogP contribution >= 0.6 is 0 Å². The van der Waals surface area contributed by atoms with Crippen LogP contribution in [-0.2, 0) is 9.59 Å². The molecule has 5 heteroatoms. The van der Waals surface area contributed by atoms with E-state index in [2.05, 4.69) is 11.4 Å². The molecule has 1 aromatic carbocycles.